The van der Waals surface area contributed by atoms with Crippen LogP contribution in [0.15, 0.2) is 66.9 Å². The van der Waals surface area contributed by atoms with Crippen LogP contribution in [0.4, 0.5) is 13.2 Å². The summed E-state index contributed by atoms with van der Waals surface area (Å²) in [5.74, 6) is -0.625. The van der Waals surface area contributed by atoms with Gasteiger partial charge in [-0.05, 0) is 59.9 Å². The largest absolute Gasteiger partial charge is 0.478 e. The zero-order valence-electron chi connectivity index (χ0n) is 18.5. The number of benzene rings is 3. The number of fused-ring (bicyclic) bond motifs is 1. The zero-order chi connectivity index (χ0) is 24.6. The molecule has 0 amide bonds. The van der Waals surface area contributed by atoms with Crippen LogP contribution in [0, 0.1) is 5.92 Å². The van der Waals surface area contributed by atoms with Crippen molar-refractivity contribution < 1.29 is 23.1 Å². The van der Waals surface area contributed by atoms with Gasteiger partial charge in [0, 0.05) is 16.0 Å². The Morgan fingerprint density at radius 2 is 1.76 bits per heavy atom. The molecule has 0 saturated heterocycles. The van der Waals surface area contributed by atoms with E-state index in [4.69, 9.17) is 11.6 Å². The van der Waals surface area contributed by atoms with Crippen LogP contribution in [-0.2, 0) is 6.18 Å². The molecule has 0 saturated carbocycles. The molecule has 1 heterocycles. The maximum absolute atomic E-state index is 13.0. The van der Waals surface area contributed by atoms with Gasteiger partial charge in [0.05, 0.1) is 28.9 Å². The molecular weight excluding hydrogens is 465 g/mol. The summed E-state index contributed by atoms with van der Waals surface area (Å²) in [5.41, 5.74) is 2.43. The summed E-state index contributed by atoms with van der Waals surface area (Å²) in [4.78, 5) is 11.2. The van der Waals surface area contributed by atoms with Crippen LogP contribution >= 0.6 is 11.6 Å². The van der Waals surface area contributed by atoms with Gasteiger partial charge in [-0.2, -0.15) is 18.3 Å². The van der Waals surface area contributed by atoms with E-state index in [9.17, 15) is 23.1 Å². The highest BCUT2D eigenvalue weighted by Crippen LogP contribution is 2.37. The molecule has 0 aliphatic heterocycles. The number of hydrogen-bond acceptors (Lipinski definition) is 2. The van der Waals surface area contributed by atoms with Crippen molar-refractivity contribution in [3.63, 3.8) is 0 Å². The van der Waals surface area contributed by atoms with Crippen LogP contribution in [0.1, 0.15) is 47.8 Å². The molecule has 1 atom stereocenters. The second-order valence-electron chi connectivity index (χ2n) is 8.63. The van der Waals surface area contributed by atoms with Crippen molar-refractivity contribution in [3.05, 3.63) is 88.6 Å². The van der Waals surface area contributed by atoms with Gasteiger partial charge in [0.15, 0.2) is 0 Å². The molecule has 1 aromatic heterocycles. The van der Waals surface area contributed by atoms with Crippen LogP contribution in [0.25, 0.3) is 22.0 Å². The van der Waals surface area contributed by atoms with Crippen molar-refractivity contribution in [2.45, 2.75) is 32.5 Å². The first-order valence-electron chi connectivity index (χ1n) is 10.7. The van der Waals surface area contributed by atoms with Crippen molar-refractivity contribution in [1.82, 2.24) is 9.78 Å². The molecule has 176 valence electrons. The number of carbonyl (C=O) groups is 1. The molecule has 0 aliphatic carbocycles. The summed E-state index contributed by atoms with van der Waals surface area (Å²) in [6.07, 6.45) is -1.95. The fourth-order valence-corrected chi connectivity index (χ4v) is 4.36. The second-order valence-corrected chi connectivity index (χ2v) is 9.03. The Hall–Kier alpha value is -3.32. The van der Waals surface area contributed by atoms with Crippen molar-refractivity contribution in [3.8, 4) is 11.1 Å². The molecule has 4 rings (SSSR count). The van der Waals surface area contributed by atoms with Crippen LogP contribution in [0.3, 0.4) is 0 Å². The average Bonchev–Trinajstić information content (AvgIpc) is 3.19. The SMILES string of the molecule is CC(C)CC(c1ccc(C(=O)O)cc1)n1ncc2cc(-c3ccc(C(F)(F)F)cc3Cl)ccc21. The minimum Gasteiger partial charge on any atom is -0.478 e. The molecule has 1 N–H and O–H groups in total. The molecule has 0 spiro atoms. The van der Waals surface area contributed by atoms with Gasteiger partial charge < -0.3 is 5.11 Å². The maximum atomic E-state index is 13.0. The van der Waals surface area contributed by atoms with Crippen molar-refractivity contribution in [2.24, 2.45) is 5.92 Å². The van der Waals surface area contributed by atoms with Crippen LogP contribution in [-0.4, -0.2) is 20.9 Å². The molecule has 4 aromatic rings. The minimum absolute atomic E-state index is 0.0257. The molecule has 0 radical (unpaired) electrons. The number of aromatic nitrogens is 2. The first kappa shape index (κ1) is 23.8. The monoisotopic (exact) mass is 486 g/mol. The Morgan fingerprint density at radius 3 is 2.35 bits per heavy atom. The lowest BCUT2D eigenvalue weighted by atomic mass is 9.96. The van der Waals surface area contributed by atoms with Gasteiger partial charge in [-0.15, -0.1) is 0 Å². The predicted octanol–water partition coefficient (Wildman–Crippen LogP) is 7.71. The van der Waals surface area contributed by atoms with E-state index in [1.807, 2.05) is 22.9 Å². The third-order valence-electron chi connectivity index (χ3n) is 5.74. The number of nitrogens with zero attached hydrogens (tertiary/aromatic N) is 2. The highest BCUT2D eigenvalue weighted by molar-refractivity contribution is 6.33. The molecular formula is C26H22ClF3N2O2. The maximum Gasteiger partial charge on any atom is 0.416 e. The van der Waals surface area contributed by atoms with E-state index in [1.54, 1.807) is 30.5 Å². The molecule has 0 aliphatic rings. The third kappa shape index (κ3) is 4.80. The van der Waals surface area contributed by atoms with E-state index >= 15 is 0 Å². The quantitative estimate of drug-likeness (QED) is 0.303. The highest BCUT2D eigenvalue weighted by Gasteiger charge is 2.31. The lowest BCUT2D eigenvalue weighted by Gasteiger charge is -2.21. The molecule has 3 aromatic carbocycles. The van der Waals surface area contributed by atoms with E-state index in [0.717, 1.165) is 35.0 Å². The number of hydrogen-bond donors (Lipinski definition) is 1. The first-order chi connectivity index (χ1) is 16.0. The number of halogens is 4. The van der Waals surface area contributed by atoms with Crippen LogP contribution < -0.4 is 0 Å². The topological polar surface area (TPSA) is 55.1 Å². The van der Waals surface area contributed by atoms with E-state index in [-0.39, 0.29) is 16.6 Å². The van der Waals surface area contributed by atoms with Crippen molar-refractivity contribution in [2.75, 3.05) is 0 Å². The predicted molar refractivity (Wildman–Crippen MR) is 126 cm³/mol. The summed E-state index contributed by atoms with van der Waals surface area (Å²) < 4.78 is 40.9. The number of alkyl halides is 3. The lowest BCUT2D eigenvalue weighted by Crippen LogP contribution is -2.15. The molecule has 8 heteroatoms. The Kier molecular flexibility index (Phi) is 6.41. The van der Waals surface area contributed by atoms with Gasteiger partial charge >= 0.3 is 12.1 Å². The van der Waals surface area contributed by atoms with E-state index in [1.165, 1.54) is 6.07 Å². The second kappa shape index (κ2) is 9.14. The molecule has 1 unspecified atom stereocenters. The third-order valence-corrected chi connectivity index (χ3v) is 6.05. The van der Waals surface area contributed by atoms with Gasteiger partial charge in [0.2, 0.25) is 0 Å². The van der Waals surface area contributed by atoms with Crippen LogP contribution in [0.5, 0.6) is 0 Å². The summed E-state index contributed by atoms with van der Waals surface area (Å²) in [6.45, 7) is 4.21. The normalized spacial score (nSPS) is 12.9. The lowest BCUT2D eigenvalue weighted by molar-refractivity contribution is -0.137. The van der Waals surface area contributed by atoms with Gasteiger partial charge in [0.1, 0.15) is 0 Å². The average molecular weight is 487 g/mol. The summed E-state index contributed by atoms with van der Waals surface area (Å²) in [7, 11) is 0. The minimum atomic E-state index is -4.46. The highest BCUT2D eigenvalue weighted by atomic mass is 35.5. The van der Waals surface area contributed by atoms with Gasteiger partial charge in [-0.25, -0.2) is 4.79 Å². The Labute approximate surface area is 199 Å². The summed E-state index contributed by atoms with van der Waals surface area (Å²) >= 11 is 6.19. The van der Waals surface area contributed by atoms with Gasteiger partial charge in [0.25, 0.3) is 0 Å². The number of aromatic carboxylic acids is 1. The van der Waals surface area contributed by atoms with Gasteiger partial charge in [-0.1, -0.05) is 49.7 Å². The standard InChI is InChI=1S/C26H22ClF3N2O2/c1-15(2)11-24(16-3-5-17(6-4-16)25(33)34)32-23-10-7-18(12-19(23)14-31-32)21-9-8-20(13-22(21)27)26(28,29)30/h3-10,12-15,24H,11H2,1-2H3,(H,33,34). The molecule has 4 nitrogen and oxygen atoms in total. The van der Waals surface area contributed by atoms with Crippen molar-refractivity contribution in [1.29, 1.82) is 0 Å². The number of rotatable bonds is 6. The Bertz CT molecular complexity index is 1340. The number of carboxylic acids is 1. The Balaban J connectivity index is 1.73. The smallest absolute Gasteiger partial charge is 0.416 e. The van der Waals surface area contributed by atoms with E-state index in [2.05, 4.69) is 18.9 Å². The van der Waals surface area contributed by atoms with E-state index < -0.39 is 17.7 Å². The molecule has 0 bridgehead atoms. The molecule has 0 fully saturated rings. The summed E-state index contributed by atoms with van der Waals surface area (Å²) in [6, 6.07) is 15.6. The fraction of sp³-hybridized carbons (Fsp3) is 0.231. The van der Waals surface area contributed by atoms with E-state index in [0.29, 0.717) is 17.0 Å². The number of carboxylic acid groups (broad SMARTS) is 1. The zero-order valence-corrected chi connectivity index (χ0v) is 19.2. The molecule has 34 heavy (non-hydrogen) atoms. The van der Waals surface area contributed by atoms with Crippen molar-refractivity contribution >= 4 is 28.5 Å². The fourth-order valence-electron chi connectivity index (χ4n) is 4.07. The summed E-state index contributed by atoms with van der Waals surface area (Å²) in [5, 5.41) is 14.7. The van der Waals surface area contributed by atoms with Gasteiger partial charge in [-0.3, -0.25) is 4.68 Å². The Morgan fingerprint density at radius 1 is 1.06 bits per heavy atom. The van der Waals surface area contributed by atoms with Crippen LogP contribution in [0.2, 0.25) is 5.02 Å². The first-order valence-corrected chi connectivity index (χ1v) is 11.1.